The molecule has 0 radical (unpaired) electrons. The van der Waals surface area contributed by atoms with Crippen LogP contribution in [0.15, 0.2) is 24.3 Å². The molecule has 0 N–H and O–H groups in total. The molecule has 1 aromatic rings. The normalized spacial score (nSPS) is 9.67. The van der Waals surface area contributed by atoms with E-state index in [0.717, 1.165) is 6.42 Å². The van der Waals surface area contributed by atoms with Crippen LogP contribution in [-0.4, -0.2) is 12.1 Å². The molecule has 1 rings (SSSR count). The van der Waals surface area contributed by atoms with Crippen LogP contribution >= 0.6 is 0 Å². The molecular weight excluding hydrogens is 224 g/mol. The summed E-state index contributed by atoms with van der Waals surface area (Å²) >= 11 is 0. The summed E-state index contributed by atoms with van der Waals surface area (Å²) in [7, 11) is 0. The molecule has 0 saturated carbocycles. The zero-order chi connectivity index (χ0) is 14.0. The highest BCUT2D eigenvalue weighted by Gasteiger charge is 2.07. The van der Waals surface area contributed by atoms with Crippen molar-refractivity contribution in [1.82, 2.24) is 0 Å². The third-order valence-corrected chi connectivity index (χ3v) is 2.44. The number of carbonyl (C=O) groups excluding carboxylic acids is 1. The van der Waals surface area contributed by atoms with Crippen molar-refractivity contribution in [1.29, 1.82) is 0 Å². The third kappa shape index (κ3) is 7.10. The summed E-state index contributed by atoms with van der Waals surface area (Å²) in [4.78, 5) is 11.4. The highest BCUT2D eigenvalue weighted by Crippen LogP contribution is 2.07. The van der Waals surface area contributed by atoms with Gasteiger partial charge in [0.05, 0.1) is 11.7 Å². The molecule has 2 heteroatoms. The predicted octanol–water partition coefficient (Wildman–Crippen LogP) is 4.62. The lowest BCUT2D eigenvalue weighted by atomic mass is 10.1. The first kappa shape index (κ1) is 16.7. The van der Waals surface area contributed by atoms with Crippen LogP contribution in [0.2, 0.25) is 0 Å². The van der Waals surface area contributed by atoms with Gasteiger partial charge in [-0.2, -0.15) is 0 Å². The third-order valence-electron chi connectivity index (χ3n) is 2.44. The van der Waals surface area contributed by atoms with Crippen LogP contribution < -0.4 is 0 Å². The zero-order valence-electron chi connectivity index (χ0n) is 12.3. The molecule has 0 aliphatic carbocycles. The van der Waals surface area contributed by atoms with Crippen molar-refractivity contribution >= 4 is 5.97 Å². The maximum Gasteiger partial charge on any atom is 0.338 e. The number of esters is 1. The molecule has 2 nitrogen and oxygen atoms in total. The summed E-state index contributed by atoms with van der Waals surface area (Å²) in [5.74, 6) is -0.248. The summed E-state index contributed by atoms with van der Waals surface area (Å²) in [6, 6.07) is 7.53. The molecule has 0 unspecified atom stereocenters. The monoisotopic (exact) mass is 250 g/mol. The molecule has 18 heavy (non-hydrogen) atoms. The smallest absolute Gasteiger partial charge is 0.338 e. The lowest BCUT2D eigenvalue weighted by Crippen LogP contribution is -2.11. The van der Waals surface area contributed by atoms with Crippen molar-refractivity contribution in [2.45, 2.75) is 60.0 Å². The SMILES string of the molecule is CCCC.CCc1ccc(C(=O)OC(C)C)cc1. The number of carbonyl (C=O) groups is 1. The first-order valence-electron chi connectivity index (χ1n) is 6.84. The second kappa shape index (κ2) is 9.69. The Morgan fingerprint density at radius 1 is 1.06 bits per heavy atom. The quantitative estimate of drug-likeness (QED) is 0.729. The summed E-state index contributed by atoms with van der Waals surface area (Å²) in [6.07, 6.45) is 3.56. The average Bonchev–Trinajstić information content (AvgIpc) is 2.38. The van der Waals surface area contributed by atoms with Crippen LogP contribution in [0, 0.1) is 0 Å². The minimum Gasteiger partial charge on any atom is -0.459 e. The van der Waals surface area contributed by atoms with Gasteiger partial charge in [-0.25, -0.2) is 4.79 Å². The van der Waals surface area contributed by atoms with E-state index < -0.39 is 0 Å². The Labute approximate surface area is 111 Å². The van der Waals surface area contributed by atoms with E-state index in [1.165, 1.54) is 18.4 Å². The minimum absolute atomic E-state index is 0.0617. The van der Waals surface area contributed by atoms with Crippen LogP contribution in [0.3, 0.4) is 0 Å². The van der Waals surface area contributed by atoms with Gasteiger partial charge in [-0.15, -0.1) is 0 Å². The van der Waals surface area contributed by atoms with Gasteiger partial charge in [0, 0.05) is 0 Å². The molecule has 1 aromatic carbocycles. The van der Waals surface area contributed by atoms with Crippen molar-refractivity contribution in [3.63, 3.8) is 0 Å². The van der Waals surface area contributed by atoms with E-state index in [-0.39, 0.29) is 12.1 Å². The largest absolute Gasteiger partial charge is 0.459 e. The minimum atomic E-state index is -0.248. The maximum atomic E-state index is 11.4. The number of rotatable bonds is 4. The van der Waals surface area contributed by atoms with E-state index in [2.05, 4.69) is 20.8 Å². The van der Waals surface area contributed by atoms with E-state index in [1.807, 2.05) is 38.1 Å². The fourth-order valence-corrected chi connectivity index (χ4v) is 1.16. The summed E-state index contributed by atoms with van der Waals surface area (Å²) in [5.41, 5.74) is 1.85. The standard InChI is InChI=1S/C12H16O2.C4H10/c1-4-10-5-7-11(8-6-10)12(13)14-9(2)3;1-3-4-2/h5-9H,4H2,1-3H3;3-4H2,1-2H3. The molecule has 0 aliphatic rings. The van der Waals surface area contributed by atoms with Crippen LogP contribution in [0.25, 0.3) is 0 Å². The van der Waals surface area contributed by atoms with Gasteiger partial charge in [0.2, 0.25) is 0 Å². The summed E-state index contributed by atoms with van der Waals surface area (Å²) in [5, 5.41) is 0. The zero-order valence-corrected chi connectivity index (χ0v) is 12.3. The number of ether oxygens (including phenoxy) is 1. The Hall–Kier alpha value is -1.31. The fourth-order valence-electron chi connectivity index (χ4n) is 1.16. The molecule has 0 saturated heterocycles. The van der Waals surface area contributed by atoms with Crippen LogP contribution in [0.4, 0.5) is 0 Å². The molecule has 0 amide bonds. The van der Waals surface area contributed by atoms with Crippen molar-refractivity contribution in [2.24, 2.45) is 0 Å². The molecule has 0 aliphatic heterocycles. The van der Waals surface area contributed by atoms with Crippen molar-refractivity contribution in [2.75, 3.05) is 0 Å². The van der Waals surface area contributed by atoms with E-state index in [1.54, 1.807) is 0 Å². The van der Waals surface area contributed by atoms with Gasteiger partial charge in [-0.3, -0.25) is 0 Å². The van der Waals surface area contributed by atoms with Crippen molar-refractivity contribution in [3.8, 4) is 0 Å². The fraction of sp³-hybridized carbons (Fsp3) is 0.562. The molecule has 0 heterocycles. The molecule has 0 atom stereocenters. The lowest BCUT2D eigenvalue weighted by molar-refractivity contribution is 0.0378. The first-order chi connectivity index (χ1) is 8.54. The van der Waals surface area contributed by atoms with Gasteiger partial charge in [0.25, 0.3) is 0 Å². The Balaban J connectivity index is 0.000000631. The summed E-state index contributed by atoms with van der Waals surface area (Å²) in [6.45, 7) is 10.1. The van der Waals surface area contributed by atoms with E-state index in [0.29, 0.717) is 5.56 Å². The lowest BCUT2D eigenvalue weighted by Gasteiger charge is -2.07. The average molecular weight is 250 g/mol. The van der Waals surface area contributed by atoms with Gasteiger partial charge in [0.15, 0.2) is 0 Å². The number of benzene rings is 1. The molecule has 0 fully saturated rings. The second-order valence-electron chi connectivity index (χ2n) is 4.50. The second-order valence-corrected chi connectivity index (χ2v) is 4.50. The van der Waals surface area contributed by atoms with E-state index in [4.69, 9.17) is 4.74 Å². The Morgan fingerprint density at radius 2 is 1.56 bits per heavy atom. The topological polar surface area (TPSA) is 26.3 Å². The molecular formula is C16H26O2. The van der Waals surface area contributed by atoms with Crippen LogP contribution in [-0.2, 0) is 11.2 Å². The molecule has 0 spiro atoms. The van der Waals surface area contributed by atoms with E-state index in [9.17, 15) is 4.79 Å². The highest BCUT2D eigenvalue weighted by atomic mass is 16.5. The van der Waals surface area contributed by atoms with Gasteiger partial charge in [-0.1, -0.05) is 45.7 Å². The van der Waals surface area contributed by atoms with E-state index >= 15 is 0 Å². The Bertz CT molecular complexity index is 323. The first-order valence-corrected chi connectivity index (χ1v) is 6.84. The number of hydrogen-bond acceptors (Lipinski definition) is 2. The van der Waals surface area contributed by atoms with Crippen LogP contribution in [0.1, 0.15) is 63.4 Å². The Morgan fingerprint density at radius 3 is 1.89 bits per heavy atom. The molecule has 0 bridgehead atoms. The number of unbranched alkanes of at least 4 members (excludes halogenated alkanes) is 1. The maximum absolute atomic E-state index is 11.4. The number of aryl methyl sites for hydroxylation is 1. The van der Waals surface area contributed by atoms with Gasteiger partial charge >= 0.3 is 5.97 Å². The van der Waals surface area contributed by atoms with Gasteiger partial charge < -0.3 is 4.74 Å². The molecule has 0 aromatic heterocycles. The Kier molecular flexibility index (Phi) is 8.99. The highest BCUT2D eigenvalue weighted by molar-refractivity contribution is 5.89. The van der Waals surface area contributed by atoms with Crippen LogP contribution in [0.5, 0.6) is 0 Å². The summed E-state index contributed by atoms with van der Waals surface area (Å²) < 4.78 is 5.07. The van der Waals surface area contributed by atoms with Crippen molar-refractivity contribution in [3.05, 3.63) is 35.4 Å². The van der Waals surface area contributed by atoms with Gasteiger partial charge in [0.1, 0.15) is 0 Å². The van der Waals surface area contributed by atoms with Crippen molar-refractivity contribution < 1.29 is 9.53 Å². The molecule has 102 valence electrons. The predicted molar refractivity (Wildman–Crippen MR) is 77.0 cm³/mol. The number of hydrogen-bond donors (Lipinski definition) is 0. The van der Waals surface area contributed by atoms with Gasteiger partial charge in [-0.05, 0) is 38.0 Å².